The minimum atomic E-state index is -2.94. The van der Waals surface area contributed by atoms with E-state index in [1.807, 2.05) is 18.0 Å². The summed E-state index contributed by atoms with van der Waals surface area (Å²) in [5.41, 5.74) is 2.12. The third-order valence-electron chi connectivity index (χ3n) is 2.84. The number of nitrogens with one attached hydrogen (secondary N) is 1. The van der Waals surface area contributed by atoms with Gasteiger partial charge < -0.3 is 10.2 Å². The molecule has 0 saturated heterocycles. The van der Waals surface area contributed by atoms with Crippen molar-refractivity contribution in [1.82, 2.24) is 10.3 Å². The Kier molecular flexibility index (Phi) is 6.24. The van der Waals surface area contributed by atoms with Crippen LogP contribution < -0.4 is 10.2 Å². The van der Waals surface area contributed by atoms with E-state index in [0.29, 0.717) is 6.54 Å². The summed E-state index contributed by atoms with van der Waals surface area (Å²) in [7, 11) is -1.04. The highest BCUT2D eigenvalue weighted by molar-refractivity contribution is 7.90. The zero-order chi connectivity index (χ0) is 14.3. The molecule has 0 unspecified atom stereocenters. The van der Waals surface area contributed by atoms with Crippen molar-refractivity contribution in [3.05, 3.63) is 24.0 Å². The Bertz CT molecular complexity index is 488. The molecule has 19 heavy (non-hydrogen) atoms. The number of anilines is 1. The van der Waals surface area contributed by atoms with Gasteiger partial charge in [-0.1, -0.05) is 6.92 Å². The molecular weight excluding hydrogens is 262 g/mol. The quantitative estimate of drug-likeness (QED) is 0.724. The van der Waals surface area contributed by atoms with Gasteiger partial charge in [-0.15, -0.1) is 0 Å². The van der Waals surface area contributed by atoms with Gasteiger partial charge >= 0.3 is 0 Å². The molecule has 1 aromatic heterocycles. The van der Waals surface area contributed by atoms with E-state index in [0.717, 1.165) is 30.8 Å². The van der Waals surface area contributed by atoms with Crippen molar-refractivity contribution in [2.75, 3.05) is 37.0 Å². The fourth-order valence-electron chi connectivity index (χ4n) is 1.73. The van der Waals surface area contributed by atoms with Gasteiger partial charge in [0.15, 0.2) is 0 Å². The molecule has 0 fully saturated rings. The highest BCUT2D eigenvalue weighted by Gasteiger charge is 2.10. The van der Waals surface area contributed by atoms with Gasteiger partial charge in [-0.05, 0) is 24.6 Å². The van der Waals surface area contributed by atoms with E-state index in [1.165, 1.54) is 6.26 Å². The molecule has 1 N–H and O–H groups in total. The number of aromatic nitrogens is 1. The highest BCUT2D eigenvalue weighted by Crippen LogP contribution is 2.17. The van der Waals surface area contributed by atoms with Gasteiger partial charge in [0.2, 0.25) is 0 Å². The van der Waals surface area contributed by atoms with Gasteiger partial charge in [0.05, 0.1) is 17.6 Å². The Hall–Kier alpha value is -1.14. The molecule has 5 nitrogen and oxygen atoms in total. The van der Waals surface area contributed by atoms with Gasteiger partial charge in [-0.3, -0.25) is 4.98 Å². The number of sulfone groups is 1. The smallest absolute Gasteiger partial charge is 0.149 e. The molecular formula is C13H23N3O2S. The van der Waals surface area contributed by atoms with E-state index < -0.39 is 9.84 Å². The van der Waals surface area contributed by atoms with E-state index in [9.17, 15) is 8.42 Å². The molecule has 1 aromatic rings. The lowest BCUT2D eigenvalue weighted by Crippen LogP contribution is -2.27. The minimum absolute atomic E-state index is 0.153. The van der Waals surface area contributed by atoms with Crippen LogP contribution in [-0.2, 0) is 16.4 Å². The average molecular weight is 285 g/mol. The number of hydrogen-bond donors (Lipinski definition) is 1. The van der Waals surface area contributed by atoms with Crippen LogP contribution in [0.4, 0.5) is 5.69 Å². The normalized spacial score (nSPS) is 11.5. The number of nitrogens with zero attached hydrogens (tertiary/aromatic N) is 2. The third kappa shape index (κ3) is 6.02. The van der Waals surface area contributed by atoms with Crippen molar-refractivity contribution in [2.24, 2.45) is 0 Å². The van der Waals surface area contributed by atoms with E-state index in [2.05, 4.69) is 17.2 Å². The van der Waals surface area contributed by atoms with Crippen molar-refractivity contribution >= 4 is 15.5 Å². The van der Waals surface area contributed by atoms with Crippen LogP contribution in [0.5, 0.6) is 0 Å². The topological polar surface area (TPSA) is 62.3 Å². The molecule has 0 bridgehead atoms. The summed E-state index contributed by atoms with van der Waals surface area (Å²) in [4.78, 5) is 6.06. The molecule has 1 heterocycles. The summed E-state index contributed by atoms with van der Waals surface area (Å²) < 4.78 is 22.4. The average Bonchev–Trinajstić information content (AvgIpc) is 2.36. The van der Waals surface area contributed by atoms with Crippen LogP contribution in [0.15, 0.2) is 18.5 Å². The SMILES string of the molecule is CCCNCc1ccncc1N(C)CCS(C)(=O)=O. The second kappa shape index (κ2) is 7.45. The van der Waals surface area contributed by atoms with Crippen LogP contribution in [0.1, 0.15) is 18.9 Å². The molecule has 1 rings (SSSR count). The van der Waals surface area contributed by atoms with Crippen molar-refractivity contribution in [3.63, 3.8) is 0 Å². The van der Waals surface area contributed by atoms with E-state index in [-0.39, 0.29) is 5.75 Å². The van der Waals surface area contributed by atoms with Crippen LogP contribution in [0, 0.1) is 0 Å². The lowest BCUT2D eigenvalue weighted by atomic mass is 10.2. The Balaban J connectivity index is 2.70. The Labute approximate surface area is 116 Å². The van der Waals surface area contributed by atoms with E-state index in [1.54, 1.807) is 12.4 Å². The predicted octanol–water partition coefficient (Wildman–Crippen LogP) is 1.06. The monoisotopic (exact) mass is 285 g/mol. The summed E-state index contributed by atoms with van der Waals surface area (Å²) in [5.74, 6) is 0.153. The first kappa shape index (κ1) is 15.9. The van der Waals surface area contributed by atoms with Gasteiger partial charge in [0.25, 0.3) is 0 Å². The highest BCUT2D eigenvalue weighted by atomic mass is 32.2. The predicted molar refractivity (Wildman–Crippen MR) is 79.2 cm³/mol. The lowest BCUT2D eigenvalue weighted by Gasteiger charge is -2.21. The maximum absolute atomic E-state index is 11.2. The van der Waals surface area contributed by atoms with Gasteiger partial charge in [-0.2, -0.15) is 0 Å². The number of pyridine rings is 1. The second-order valence-corrected chi connectivity index (χ2v) is 6.99. The summed E-state index contributed by atoms with van der Waals surface area (Å²) in [6.45, 7) is 4.34. The van der Waals surface area contributed by atoms with Crippen LogP contribution >= 0.6 is 0 Å². The van der Waals surface area contributed by atoms with Gasteiger partial charge in [0.1, 0.15) is 9.84 Å². The first-order chi connectivity index (χ1) is 8.94. The molecule has 0 radical (unpaired) electrons. The molecule has 0 aliphatic heterocycles. The van der Waals surface area contributed by atoms with E-state index >= 15 is 0 Å². The Morgan fingerprint density at radius 1 is 1.42 bits per heavy atom. The zero-order valence-corrected chi connectivity index (χ0v) is 12.7. The molecule has 0 saturated carbocycles. The molecule has 0 spiro atoms. The maximum Gasteiger partial charge on any atom is 0.149 e. The first-order valence-corrected chi connectivity index (χ1v) is 8.52. The van der Waals surface area contributed by atoms with Crippen LogP contribution in [0.25, 0.3) is 0 Å². The lowest BCUT2D eigenvalue weighted by molar-refractivity contribution is 0.601. The first-order valence-electron chi connectivity index (χ1n) is 6.46. The standard InChI is InChI=1S/C13H23N3O2S/c1-4-6-14-10-12-5-7-15-11-13(12)16(2)8-9-19(3,17)18/h5,7,11,14H,4,6,8-10H2,1-3H3. The molecule has 108 valence electrons. The fraction of sp³-hybridized carbons (Fsp3) is 0.615. The molecule has 0 atom stereocenters. The molecule has 0 aliphatic carbocycles. The minimum Gasteiger partial charge on any atom is -0.372 e. The summed E-state index contributed by atoms with van der Waals surface area (Å²) in [5, 5.41) is 3.35. The number of rotatable bonds is 8. The number of hydrogen-bond acceptors (Lipinski definition) is 5. The molecule has 0 aromatic carbocycles. The maximum atomic E-state index is 11.2. The zero-order valence-electron chi connectivity index (χ0n) is 11.9. The van der Waals surface area contributed by atoms with Gasteiger partial charge in [-0.25, -0.2) is 8.42 Å². The summed E-state index contributed by atoms with van der Waals surface area (Å²) in [6, 6.07) is 1.97. The van der Waals surface area contributed by atoms with Crippen molar-refractivity contribution in [3.8, 4) is 0 Å². The Morgan fingerprint density at radius 3 is 2.79 bits per heavy atom. The fourth-order valence-corrected chi connectivity index (χ4v) is 2.34. The van der Waals surface area contributed by atoms with Crippen molar-refractivity contribution < 1.29 is 8.42 Å². The van der Waals surface area contributed by atoms with Crippen LogP contribution in [0.3, 0.4) is 0 Å². The van der Waals surface area contributed by atoms with Crippen LogP contribution in [0.2, 0.25) is 0 Å². The second-order valence-electron chi connectivity index (χ2n) is 4.73. The molecule has 0 amide bonds. The van der Waals surface area contributed by atoms with E-state index in [4.69, 9.17) is 0 Å². The van der Waals surface area contributed by atoms with Crippen molar-refractivity contribution in [1.29, 1.82) is 0 Å². The third-order valence-corrected chi connectivity index (χ3v) is 3.76. The Morgan fingerprint density at radius 2 is 2.16 bits per heavy atom. The summed E-state index contributed by atoms with van der Waals surface area (Å²) in [6.07, 6.45) is 5.89. The molecule has 6 heteroatoms. The summed E-state index contributed by atoms with van der Waals surface area (Å²) >= 11 is 0. The van der Waals surface area contributed by atoms with Crippen molar-refractivity contribution in [2.45, 2.75) is 19.9 Å². The largest absolute Gasteiger partial charge is 0.372 e. The molecule has 0 aliphatic rings. The van der Waals surface area contributed by atoms with Gasteiger partial charge in [0, 0.05) is 32.6 Å². The van der Waals surface area contributed by atoms with Crippen LogP contribution in [-0.4, -0.2) is 45.5 Å².